The van der Waals surface area contributed by atoms with Crippen LogP contribution in [0.1, 0.15) is 39.5 Å². The van der Waals surface area contributed by atoms with Gasteiger partial charge in [0.25, 0.3) is 0 Å². The van der Waals surface area contributed by atoms with E-state index in [0.29, 0.717) is 0 Å². The molecule has 3 heteroatoms. The molecule has 0 aliphatic rings. The number of rotatable bonds is 8. The summed E-state index contributed by atoms with van der Waals surface area (Å²) >= 11 is 0. The Balaban J connectivity index is 3.96. The minimum atomic E-state index is 0.104. The zero-order chi connectivity index (χ0) is 11.0. The van der Waals surface area contributed by atoms with Gasteiger partial charge in [-0.2, -0.15) is 0 Å². The van der Waals surface area contributed by atoms with Crippen LogP contribution in [0.3, 0.4) is 0 Å². The lowest BCUT2D eigenvalue weighted by atomic mass is 10.0. The van der Waals surface area contributed by atoms with Gasteiger partial charge in [0.15, 0.2) is 0 Å². The molecule has 0 saturated heterocycles. The van der Waals surface area contributed by atoms with Gasteiger partial charge in [0, 0.05) is 12.1 Å². The third-order valence-electron chi connectivity index (χ3n) is 2.73. The SMILES string of the molecule is CCCCN(C)C(CO)C(N)CCC. The van der Waals surface area contributed by atoms with E-state index in [-0.39, 0.29) is 18.7 Å². The average Bonchev–Trinajstić information content (AvgIpc) is 2.16. The highest BCUT2D eigenvalue weighted by Gasteiger charge is 2.19. The Bertz CT molecular complexity index is 130. The number of aliphatic hydroxyl groups is 1. The normalized spacial score (nSPS) is 15.9. The van der Waals surface area contributed by atoms with E-state index >= 15 is 0 Å². The predicted octanol–water partition coefficient (Wildman–Crippen LogP) is 1.21. The standard InChI is InChI=1S/C11H26N2O/c1-4-6-8-13(3)11(9-14)10(12)7-5-2/h10-11,14H,4-9,12H2,1-3H3. The van der Waals surface area contributed by atoms with Crippen molar-refractivity contribution in [2.45, 2.75) is 51.6 Å². The molecule has 0 aliphatic heterocycles. The lowest BCUT2D eigenvalue weighted by Gasteiger charge is -2.31. The lowest BCUT2D eigenvalue weighted by Crippen LogP contribution is -2.48. The van der Waals surface area contributed by atoms with Gasteiger partial charge in [-0.25, -0.2) is 0 Å². The molecule has 0 radical (unpaired) electrons. The number of likely N-dealkylation sites (N-methyl/N-ethyl adjacent to an activating group) is 1. The Morgan fingerprint density at radius 3 is 2.36 bits per heavy atom. The van der Waals surface area contributed by atoms with Crippen molar-refractivity contribution in [1.29, 1.82) is 0 Å². The van der Waals surface area contributed by atoms with E-state index in [1.165, 1.54) is 12.8 Å². The fourth-order valence-electron chi connectivity index (χ4n) is 1.70. The van der Waals surface area contributed by atoms with E-state index < -0.39 is 0 Å². The number of nitrogens with two attached hydrogens (primary N) is 1. The molecular formula is C11H26N2O. The molecular weight excluding hydrogens is 176 g/mol. The molecule has 0 rings (SSSR count). The summed E-state index contributed by atoms with van der Waals surface area (Å²) in [5, 5.41) is 9.27. The number of hydrogen-bond acceptors (Lipinski definition) is 3. The van der Waals surface area contributed by atoms with Crippen LogP contribution in [0.5, 0.6) is 0 Å². The molecule has 0 bridgehead atoms. The minimum absolute atomic E-state index is 0.104. The van der Waals surface area contributed by atoms with Crippen LogP contribution >= 0.6 is 0 Å². The largest absolute Gasteiger partial charge is 0.395 e. The third-order valence-corrected chi connectivity index (χ3v) is 2.73. The van der Waals surface area contributed by atoms with Crippen LogP contribution in [0.15, 0.2) is 0 Å². The van der Waals surface area contributed by atoms with Crippen LogP contribution in [0, 0.1) is 0 Å². The van der Waals surface area contributed by atoms with Crippen LogP contribution in [0.4, 0.5) is 0 Å². The van der Waals surface area contributed by atoms with Crippen LogP contribution in [-0.2, 0) is 0 Å². The maximum atomic E-state index is 9.27. The third kappa shape index (κ3) is 4.94. The number of hydrogen-bond donors (Lipinski definition) is 2. The van der Waals surface area contributed by atoms with Crippen LogP contribution < -0.4 is 5.73 Å². The summed E-state index contributed by atoms with van der Waals surface area (Å²) in [6.07, 6.45) is 4.43. The average molecular weight is 202 g/mol. The zero-order valence-electron chi connectivity index (χ0n) is 9.87. The summed E-state index contributed by atoms with van der Waals surface area (Å²) < 4.78 is 0. The van der Waals surface area contributed by atoms with Gasteiger partial charge in [0.1, 0.15) is 0 Å². The van der Waals surface area contributed by atoms with Gasteiger partial charge in [-0.1, -0.05) is 26.7 Å². The van der Waals surface area contributed by atoms with Gasteiger partial charge in [-0.3, -0.25) is 4.90 Å². The van der Waals surface area contributed by atoms with E-state index in [1.54, 1.807) is 0 Å². The topological polar surface area (TPSA) is 49.5 Å². The Morgan fingerprint density at radius 2 is 1.93 bits per heavy atom. The minimum Gasteiger partial charge on any atom is -0.395 e. The summed E-state index contributed by atoms with van der Waals surface area (Å²) in [6, 6.07) is 0.230. The molecule has 0 aliphatic carbocycles. The van der Waals surface area contributed by atoms with Crippen LogP contribution in [-0.4, -0.2) is 42.3 Å². The van der Waals surface area contributed by atoms with Crippen molar-refractivity contribution in [2.75, 3.05) is 20.2 Å². The number of nitrogens with zero attached hydrogens (tertiary/aromatic N) is 1. The second kappa shape index (κ2) is 8.21. The van der Waals surface area contributed by atoms with Crippen LogP contribution in [0.25, 0.3) is 0 Å². The van der Waals surface area contributed by atoms with E-state index in [2.05, 4.69) is 18.7 Å². The molecule has 0 spiro atoms. The number of aliphatic hydroxyl groups excluding tert-OH is 1. The highest BCUT2D eigenvalue weighted by molar-refractivity contribution is 4.79. The van der Waals surface area contributed by atoms with Crippen molar-refractivity contribution < 1.29 is 5.11 Å². The molecule has 3 N–H and O–H groups in total. The van der Waals surface area contributed by atoms with E-state index in [0.717, 1.165) is 19.4 Å². The second-order valence-corrected chi connectivity index (χ2v) is 4.04. The smallest absolute Gasteiger partial charge is 0.0601 e. The summed E-state index contributed by atoms with van der Waals surface area (Å²) in [5.41, 5.74) is 6.01. The summed E-state index contributed by atoms with van der Waals surface area (Å²) in [4.78, 5) is 2.18. The molecule has 0 aromatic carbocycles. The molecule has 2 unspecified atom stereocenters. The van der Waals surface area contributed by atoms with Gasteiger partial charge in [-0.15, -0.1) is 0 Å². The fraction of sp³-hybridized carbons (Fsp3) is 1.00. The highest BCUT2D eigenvalue weighted by atomic mass is 16.3. The molecule has 14 heavy (non-hydrogen) atoms. The van der Waals surface area contributed by atoms with E-state index in [9.17, 15) is 5.11 Å². The first-order valence-electron chi connectivity index (χ1n) is 5.74. The van der Waals surface area contributed by atoms with Gasteiger partial charge in [-0.05, 0) is 26.4 Å². The first kappa shape index (κ1) is 13.9. The van der Waals surface area contributed by atoms with Crippen molar-refractivity contribution in [3.05, 3.63) is 0 Å². The number of unbranched alkanes of at least 4 members (excludes halogenated alkanes) is 1. The summed E-state index contributed by atoms with van der Waals surface area (Å²) in [6.45, 7) is 5.49. The van der Waals surface area contributed by atoms with Crippen molar-refractivity contribution in [2.24, 2.45) is 5.73 Å². The molecule has 2 atom stereocenters. The monoisotopic (exact) mass is 202 g/mol. The highest BCUT2D eigenvalue weighted by Crippen LogP contribution is 2.07. The Labute approximate surface area is 88.3 Å². The van der Waals surface area contributed by atoms with E-state index in [4.69, 9.17) is 5.73 Å². The fourth-order valence-corrected chi connectivity index (χ4v) is 1.70. The van der Waals surface area contributed by atoms with E-state index in [1.807, 2.05) is 7.05 Å². The van der Waals surface area contributed by atoms with Gasteiger partial charge >= 0.3 is 0 Å². The van der Waals surface area contributed by atoms with Crippen molar-refractivity contribution in [3.63, 3.8) is 0 Å². The quantitative estimate of drug-likeness (QED) is 0.622. The lowest BCUT2D eigenvalue weighted by molar-refractivity contribution is 0.122. The van der Waals surface area contributed by atoms with Crippen LogP contribution in [0.2, 0.25) is 0 Å². The van der Waals surface area contributed by atoms with Gasteiger partial charge in [0.2, 0.25) is 0 Å². The van der Waals surface area contributed by atoms with Crippen molar-refractivity contribution in [1.82, 2.24) is 4.90 Å². The molecule has 3 nitrogen and oxygen atoms in total. The Kier molecular flexibility index (Phi) is 8.14. The first-order chi connectivity index (χ1) is 6.67. The summed E-state index contributed by atoms with van der Waals surface area (Å²) in [5.74, 6) is 0. The maximum Gasteiger partial charge on any atom is 0.0601 e. The molecule has 0 aromatic heterocycles. The Morgan fingerprint density at radius 1 is 1.29 bits per heavy atom. The maximum absolute atomic E-state index is 9.27. The molecule has 0 heterocycles. The van der Waals surface area contributed by atoms with Gasteiger partial charge < -0.3 is 10.8 Å². The van der Waals surface area contributed by atoms with Crippen molar-refractivity contribution in [3.8, 4) is 0 Å². The summed E-state index contributed by atoms with van der Waals surface area (Å²) in [7, 11) is 2.05. The predicted molar refractivity (Wildman–Crippen MR) is 61.3 cm³/mol. The van der Waals surface area contributed by atoms with Gasteiger partial charge in [0.05, 0.1) is 6.61 Å². The molecule has 0 amide bonds. The molecule has 0 aromatic rings. The Hall–Kier alpha value is -0.120. The molecule has 0 fully saturated rings. The van der Waals surface area contributed by atoms with Crippen molar-refractivity contribution >= 4 is 0 Å². The molecule has 86 valence electrons. The first-order valence-corrected chi connectivity index (χ1v) is 5.74. The second-order valence-electron chi connectivity index (χ2n) is 4.04. The molecule has 0 saturated carbocycles. The zero-order valence-corrected chi connectivity index (χ0v) is 9.87.